The highest BCUT2D eigenvalue weighted by Gasteiger charge is 2.24. The highest BCUT2D eigenvalue weighted by Crippen LogP contribution is 2.25. The molecule has 1 aromatic rings. The minimum absolute atomic E-state index is 0.203. The molecule has 25 heavy (non-hydrogen) atoms. The zero-order chi connectivity index (χ0) is 18.6. The Bertz CT molecular complexity index is 595. The second-order valence-electron chi connectivity index (χ2n) is 8.08. The van der Waals surface area contributed by atoms with Gasteiger partial charge in [-0.3, -0.25) is 4.79 Å². The molecule has 7 heteroatoms. The summed E-state index contributed by atoms with van der Waals surface area (Å²) in [5.74, 6) is 0.906. The van der Waals surface area contributed by atoms with Gasteiger partial charge in [0.15, 0.2) is 0 Å². The highest BCUT2D eigenvalue weighted by molar-refractivity contribution is 5.97. The highest BCUT2D eigenvalue weighted by atomic mass is 16.3. The van der Waals surface area contributed by atoms with E-state index in [0.717, 1.165) is 32.1 Å². The molecule has 0 aromatic carbocycles. The molecule has 1 aliphatic carbocycles. The fraction of sp³-hybridized carbons (Fsp3) is 0.722. The molecule has 1 amide bonds. The van der Waals surface area contributed by atoms with E-state index in [9.17, 15) is 9.90 Å². The number of hydrogen-bond acceptors (Lipinski definition) is 6. The van der Waals surface area contributed by atoms with Crippen LogP contribution in [-0.2, 0) is 0 Å². The van der Waals surface area contributed by atoms with E-state index in [2.05, 4.69) is 48.3 Å². The van der Waals surface area contributed by atoms with E-state index in [1.54, 1.807) is 0 Å². The van der Waals surface area contributed by atoms with Crippen molar-refractivity contribution >= 4 is 17.7 Å². The standard InChI is InChI=1S/C18H31N5O2/c1-11(2)9-18(3,4)23-16-14(15(19)25)10-20-17(22-16)21-12-5-7-13(24)8-6-12/h10-13,24H,5-9H2,1-4H3,(H2,19,25)(H2,20,21,22,23)/t12-,13-. The molecule has 1 aromatic heterocycles. The maximum atomic E-state index is 11.7. The van der Waals surface area contributed by atoms with Crippen LogP contribution in [0.1, 0.15) is 70.2 Å². The SMILES string of the molecule is CC(C)CC(C)(C)Nc1nc(N[C@H]2CC[C@H](O)CC2)ncc1C(N)=O. The Balaban J connectivity index is 2.16. The quantitative estimate of drug-likeness (QED) is 0.601. The van der Waals surface area contributed by atoms with Gasteiger partial charge in [0.05, 0.1) is 11.7 Å². The Morgan fingerprint density at radius 3 is 2.56 bits per heavy atom. The molecule has 0 atom stereocenters. The van der Waals surface area contributed by atoms with Gasteiger partial charge < -0.3 is 21.5 Å². The molecule has 0 unspecified atom stereocenters. The number of carbonyl (C=O) groups is 1. The van der Waals surface area contributed by atoms with Crippen molar-refractivity contribution < 1.29 is 9.90 Å². The molecule has 0 spiro atoms. The summed E-state index contributed by atoms with van der Waals surface area (Å²) in [6, 6.07) is 0.236. The minimum atomic E-state index is -0.546. The monoisotopic (exact) mass is 349 g/mol. The van der Waals surface area contributed by atoms with Crippen LogP contribution in [0.4, 0.5) is 11.8 Å². The second kappa shape index (κ2) is 7.99. The first-order valence-electron chi connectivity index (χ1n) is 9.06. The summed E-state index contributed by atoms with van der Waals surface area (Å²) in [6.45, 7) is 8.47. The maximum Gasteiger partial charge on any atom is 0.254 e. The fourth-order valence-corrected chi connectivity index (χ4v) is 3.52. The molecule has 1 fully saturated rings. The van der Waals surface area contributed by atoms with E-state index in [1.807, 2.05) is 0 Å². The first kappa shape index (κ1) is 19.4. The van der Waals surface area contributed by atoms with Crippen LogP contribution in [0.15, 0.2) is 6.20 Å². The van der Waals surface area contributed by atoms with Crippen molar-refractivity contribution in [1.82, 2.24) is 9.97 Å². The van der Waals surface area contributed by atoms with Gasteiger partial charge in [-0.15, -0.1) is 0 Å². The average molecular weight is 349 g/mol. The molecule has 0 saturated heterocycles. The van der Waals surface area contributed by atoms with Crippen molar-refractivity contribution in [2.24, 2.45) is 11.7 Å². The van der Waals surface area contributed by atoms with Gasteiger partial charge in [-0.1, -0.05) is 13.8 Å². The third kappa shape index (κ3) is 5.85. The number of nitrogens with zero attached hydrogens (tertiary/aromatic N) is 2. The number of nitrogens with two attached hydrogens (primary N) is 1. The van der Waals surface area contributed by atoms with Gasteiger partial charge >= 0.3 is 0 Å². The van der Waals surface area contributed by atoms with Crippen molar-refractivity contribution in [3.63, 3.8) is 0 Å². The van der Waals surface area contributed by atoms with E-state index in [0.29, 0.717) is 23.2 Å². The molecule has 0 bridgehead atoms. The zero-order valence-corrected chi connectivity index (χ0v) is 15.7. The van der Waals surface area contributed by atoms with Gasteiger partial charge in [0, 0.05) is 17.8 Å². The maximum absolute atomic E-state index is 11.7. The van der Waals surface area contributed by atoms with E-state index in [1.165, 1.54) is 6.20 Å². The summed E-state index contributed by atoms with van der Waals surface area (Å²) in [4.78, 5) is 20.5. The second-order valence-corrected chi connectivity index (χ2v) is 8.08. The third-order valence-electron chi connectivity index (χ3n) is 4.46. The van der Waals surface area contributed by atoms with Crippen molar-refractivity contribution in [3.8, 4) is 0 Å². The molecule has 5 N–H and O–H groups in total. The minimum Gasteiger partial charge on any atom is -0.393 e. The number of carbonyl (C=O) groups excluding carboxylic acids is 1. The summed E-state index contributed by atoms with van der Waals surface area (Å²) in [5.41, 5.74) is 5.55. The predicted octanol–water partition coefficient (Wildman–Crippen LogP) is 2.53. The van der Waals surface area contributed by atoms with Crippen LogP contribution in [0.5, 0.6) is 0 Å². The van der Waals surface area contributed by atoms with Crippen LogP contribution in [-0.4, -0.2) is 38.7 Å². The van der Waals surface area contributed by atoms with Crippen LogP contribution >= 0.6 is 0 Å². The lowest BCUT2D eigenvalue weighted by atomic mass is 9.92. The lowest BCUT2D eigenvalue weighted by Gasteiger charge is -2.30. The number of amides is 1. The Morgan fingerprint density at radius 1 is 1.36 bits per heavy atom. The van der Waals surface area contributed by atoms with E-state index in [-0.39, 0.29) is 17.7 Å². The molecule has 2 rings (SSSR count). The first-order valence-corrected chi connectivity index (χ1v) is 9.06. The van der Waals surface area contributed by atoms with Gasteiger partial charge in [-0.05, 0) is 51.9 Å². The summed E-state index contributed by atoms with van der Waals surface area (Å²) >= 11 is 0. The Morgan fingerprint density at radius 2 is 2.00 bits per heavy atom. The molecule has 140 valence electrons. The average Bonchev–Trinajstić information content (AvgIpc) is 2.47. The largest absolute Gasteiger partial charge is 0.393 e. The number of anilines is 2. The predicted molar refractivity (Wildman–Crippen MR) is 99.6 cm³/mol. The van der Waals surface area contributed by atoms with Crippen LogP contribution in [0.25, 0.3) is 0 Å². The number of primary amides is 1. The lowest BCUT2D eigenvalue weighted by Crippen LogP contribution is -2.34. The smallest absolute Gasteiger partial charge is 0.254 e. The molecule has 0 radical (unpaired) electrons. The Labute approximate surface area is 149 Å². The van der Waals surface area contributed by atoms with E-state index in [4.69, 9.17) is 5.73 Å². The Kier molecular flexibility index (Phi) is 6.21. The Hall–Kier alpha value is -1.89. The number of aliphatic hydroxyl groups is 1. The fourth-order valence-electron chi connectivity index (χ4n) is 3.52. The van der Waals surface area contributed by atoms with Gasteiger partial charge in [-0.25, -0.2) is 4.98 Å². The van der Waals surface area contributed by atoms with Crippen LogP contribution in [0, 0.1) is 5.92 Å². The topological polar surface area (TPSA) is 113 Å². The van der Waals surface area contributed by atoms with Gasteiger partial charge in [0.25, 0.3) is 5.91 Å². The number of aliphatic hydroxyl groups excluding tert-OH is 1. The molecule has 0 aliphatic heterocycles. The van der Waals surface area contributed by atoms with E-state index < -0.39 is 5.91 Å². The summed E-state index contributed by atoms with van der Waals surface area (Å²) in [6.07, 6.45) is 5.52. The molecular formula is C18H31N5O2. The van der Waals surface area contributed by atoms with Crippen LogP contribution in [0.2, 0.25) is 0 Å². The van der Waals surface area contributed by atoms with Gasteiger partial charge in [-0.2, -0.15) is 4.98 Å². The lowest BCUT2D eigenvalue weighted by molar-refractivity contribution is 0.1000. The first-order chi connectivity index (χ1) is 11.7. The summed E-state index contributed by atoms with van der Waals surface area (Å²) in [7, 11) is 0. The van der Waals surface area contributed by atoms with Crippen molar-refractivity contribution in [2.75, 3.05) is 10.6 Å². The zero-order valence-electron chi connectivity index (χ0n) is 15.7. The number of hydrogen-bond donors (Lipinski definition) is 4. The summed E-state index contributed by atoms with van der Waals surface area (Å²) < 4.78 is 0. The van der Waals surface area contributed by atoms with Crippen LogP contribution < -0.4 is 16.4 Å². The summed E-state index contributed by atoms with van der Waals surface area (Å²) in [5, 5.41) is 16.3. The van der Waals surface area contributed by atoms with Crippen molar-refractivity contribution in [2.45, 2.75) is 77.5 Å². The number of rotatable bonds is 7. The number of aromatic nitrogens is 2. The third-order valence-corrected chi connectivity index (χ3v) is 4.46. The van der Waals surface area contributed by atoms with Gasteiger partial charge in [0.2, 0.25) is 5.95 Å². The normalized spacial score (nSPS) is 21.2. The van der Waals surface area contributed by atoms with Gasteiger partial charge in [0.1, 0.15) is 5.82 Å². The number of nitrogens with one attached hydrogen (secondary N) is 2. The molecule has 7 nitrogen and oxygen atoms in total. The van der Waals surface area contributed by atoms with Crippen molar-refractivity contribution in [1.29, 1.82) is 0 Å². The van der Waals surface area contributed by atoms with Crippen LogP contribution in [0.3, 0.4) is 0 Å². The molecule has 1 heterocycles. The molecule has 1 aliphatic rings. The van der Waals surface area contributed by atoms with E-state index >= 15 is 0 Å². The van der Waals surface area contributed by atoms with Crippen molar-refractivity contribution in [3.05, 3.63) is 11.8 Å². The molecule has 1 saturated carbocycles. The molecular weight excluding hydrogens is 318 g/mol.